The van der Waals surface area contributed by atoms with Crippen molar-refractivity contribution in [3.8, 4) is 0 Å². The van der Waals surface area contributed by atoms with Gasteiger partial charge in [0.1, 0.15) is 0 Å². The third-order valence-electron chi connectivity index (χ3n) is 2.39. The van der Waals surface area contributed by atoms with Crippen LogP contribution in [0.1, 0.15) is 21.1 Å². The molecule has 6 heteroatoms. The van der Waals surface area contributed by atoms with Crippen LogP contribution in [0.4, 0.5) is 13.2 Å². The number of halogens is 3. The number of thiazole rings is 1. The minimum Gasteiger partial charge on any atom is -0.326 e. The fourth-order valence-corrected chi connectivity index (χ4v) is 2.61. The molecule has 0 atom stereocenters. The van der Waals surface area contributed by atoms with Crippen molar-refractivity contribution in [3.63, 3.8) is 0 Å². The first kappa shape index (κ1) is 13.0. The van der Waals surface area contributed by atoms with Crippen molar-refractivity contribution in [3.05, 3.63) is 51.5 Å². The molecule has 0 amide bonds. The van der Waals surface area contributed by atoms with Crippen LogP contribution < -0.4 is 5.73 Å². The molecule has 0 unspecified atom stereocenters. The van der Waals surface area contributed by atoms with Crippen molar-refractivity contribution in [2.45, 2.75) is 19.1 Å². The van der Waals surface area contributed by atoms with E-state index in [1.807, 2.05) is 30.3 Å². The van der Waals surface area contributed by atoms with Crippen LogP contribution in [0.5, 0.6) is 0 Å². The summed E-state index contributed by atoms with van der Waals surface area (Å²) in [5.74, 6) is 0. The Bertz CT molecular complexity index is 520. The van der Waals surface area contributed by atoms with E-state index in [9.17, 15) is 13.2 Å². The summed E-state index contributed by atoms with van der Waals surface area (Å²) >= 11 is 1.03. The van der Waals surface area contributed by atoms with E-state index in [1.54, 1.807) is 0 Å². The molecule has 96 valence electrons. The van der Waals surface area contributed by atoms with Gasteiger partial charge in [0.25, 0.3) is 0 Å². The average Bonchev–Trinajstić information content (AvgIpc) is 2.73. The Morgan fingerprint density at radius 2 is 1.83 bits per heavy atom. The molecular weight excluding hydrogens is 261 g/mol. The van der Waals surface area contributed by atoms with Gasteiger partial charge in [-0.2, -0.15) is 13.2 Å². The van der Waals surface area contributed by atoms with Gasteiger partial charge in [-0.1, -0.05) is 30.3 Å². The molecule has 0 spiro atoms. The maximum absolute atomic E-state index is 12.7. The molecule has 18 heavy (non-hydrogen) atoms. The molecule has 1 aromatic carbocycles. The highest BCUT2D eigenvalue weighted by atomic mass is 32.1. The first-order valence-corrected chi connectivity index (χ1v) is 6.12. The van der Waals surface area contributed by atoms with Gasteiger partial charge in [-0.15, -0.1) is 11.3 Å². The second-order valence-electron chi connectivity index (χ2n) is 3.74. The van der Waals surface area contributed by atoms with E-state index in [0.717, 1.165) is 16.9 Å². The smallest absolute Gasteiger partial charge is 0.326 e. The summed E-state index contributed by atoms with van der Waals surface area (Å²) in [6.07, 6.45) is -4.03. The predicted molar refractivity (Wildman–Crippen MR) is 64.3 cm³/mol. The zero-order valence-corrected chi connectivity index (χ0v) is 10.2. The minimum atomic E-state index is -4.43. The first-order chi connectivity index (χ1) is 8.50. The number of hydrogen-bond acceptors (Lipinski definition) is 3. The van der Waals surface area contributed by atoms with Gasteiger partial charge in [-0.25, -0.2) is 4.98 Å². The van der Waals surface area contributed by atoms with Crippen LogP contribution in [0.15, 0.2) is 30.3 Å². The standard InChI is InChI=1S/C12H11F3N2S/c13-12(14,15)11-9(7-16)18-10(17-11)6-8-4-2-1-3-5-8/h1-5H,6-7,16H2. The molecule has 2 nitrogen and oxygen atoms in total. The lowest BCUT2D eigenvalue weighted by atomic mass is 10.2. The Labute approximate surface area is 106 Å². The molecule has 0 saturated heterocycles. The quantitative estimate of drug-likeness (QED) is 0.931. The van der Waals surface area contributed by atoms with Gasteiger partial charge in [0.15, 0.2) is 5.69 Å². The van der Waals surface area contributed by atoms with Gasteiger partial charge >= 0.3 is 6.18 Å². The van der Waals surface area contributed by atoms with Crippen LogP contribution in [0.25, 0.3) is 0 Å². The van der Waals surface area contributed by atoms with Crippen LogP contribution in [-0.4, -0.2) is 4.98 Å². The molecule has 1 aromatic heterocycles. The van der Waals surface area contributed by atoms with E-state index >= 15 is 0 Å². The predicted octanol–water partition coefficient (Wildman–Crippen LogP) is 3.21. The van der Waals surface area contributed by atoms with Crippen molar-refractivity contribution >= 4 is 11.3 Å². The highest BCUT2D eigenvalue weighted by molar-refractivity contribution is 7.11. The lowest BCUT2D eigenvalue weighted by molar-refractivity contribution is -0.141. The zero-order chi connectivity index (χ0) is 13.2. The van der Waals surface area contributed by atoms with E-state index in [4.69, 9.17) is 5.73 Å². The molecule has 2 rings (SSSR count). The maximum atomic E-state index is 12.7. The van der Waals surface area contributed by atoms with Crippen LogP contribution in [0.2, 0.25) is 0 Å². The monoisotopic (exact) mass is 272 g/mol. The summed E-state index contributed by atoms with van der Waals surface area (Å²) in [6.45, 7) is -0.138. The Hall–Kier alpha value is -1.40. The summed E-state index contributed by atoms with van der Waals surface area (Å²) in [4.78, 5) is 3.75. The number of nitrogens with two attached hydrogens (primary N) is 1. The summed E-state index contributed by atoms with van der Waals surface area (Å²) in [7, 11) is 0. The van der Waals surface area contributed by atoms with Crippen molar-refractivity contribution < 1.29 is 13.2 Å². The van der Waals surface area contributed by atoms with E-state index in [0.29, 0.717) is 11.4 Å². The van der Waals surface area contributed by atoms with Gasteiger partial charge in [-0.3, -0.25) is 0 Å². The molecule has 0 aliphatic heterocycles. The number of benzene rings is 1. The Morgan fingerprint density at radius 1 is 1.17 bits per heavy atom. The molecule has 1 heterocycles. The lowest BCUT2D eigenvalue weighted by Gasteiger charge is -2.03. The minimum absolute atomic E-state index is 0.0911. The first-order valence-electron chi connectivity index (χ1n) is 5.30. The molecule has 0 saturated carbocycles. The number of alkyl halides is 3. The number of hydrogen-bond donors (Lipinski definition) is 1. The number of rotatable bonds is 3. The second kappa shape index (κ2) is 5.07. The average molecular weight is 272 g/mol. The van der Waals surface area contributed by atoms with E-state index in [2.05, 4.69) is 4.98 Å². The third kappa shape index (κ3) is 2.88. The van der Waals surface area contributed by atoms with Crippen LogP contribution in [0.3, 0.4) is 0 Å². The third-order valence-corrected chi connectivity index (χ3v) is 3.47. The van der Waals surface area contributed by atoms with Crippen LogP contribution in [-0.2, 0) is 19.1 Å². The number of aromatic nitrogens is 1. The van der Waals surface area contributed by atoms with Gasteiger partial charge in [0.05, 0.1) is 9.88 Å². The lowest BCUT2D eigenvalue weighted by Crippen LogP contribution is -2.10. The number of nitrogens with zero attached hydrogens (tertiary/aromatic N) is 1. The Balaban J connectivity index is 2.28. The molecule has 0 aliphatic carbocycles. The molecule has 2 N–H and O–H groups in total. The Morgan fingerprint density at radius 3 is 2.33 bits per heavy atom. The Kier molecular flexibility index (Phi) is 3.68. The highest BCUT2D eigenvalue weighted by Crippen LogP contribution is 2.34. The fourth-order valence-electron chi connectivity index (χ4n) is 1.61. The van der Waals surface area contributed by atoms with Gasteiger partial charge in [-0.05, 0) is 5.56 Å². The van der Waals surface area contributed by atoms with E-state index in [-0.39, 0.29) is 11.4 Å². The summed E-state index contributed by atoms with van der Waals surface area (Å²) in [5, 5.41) is 0.439. The maximum Gasteiger partial charge on any atom is 0.434 e. The van der Waals surface area contributed by atoms with Crippen molar-refractivity contribution in [1.29, 1.82) is 0 Å². The van der Waals surface area contributed by atoms with Crippen molar-refractivity contribution in [2.24, 2.45) is 5.73 Å². The zero-order valence-electron chi connectivity index (χ0n) is 9.37. The van der Waals surface area contributed by atoms with Gasteiger partial charge < -0.3 is 5.73 Å². The summed E-state index contributed by atoms with van der Waals surface area (Å²) in [6, 6.07) is 9.26. The second-order valence-corrected chi connectivity index (χ2v) is 4.91. The molecule has 0 aliphatic rings. The molecule has 0 bridgehead atoms. The van der Waals surface area contributed by atoms with Gasteiger partial charge in [0.2, 0.25) is 0 Å². The largest absolute Gasteiger partial charge is 0.434 e. The highest BCUT2D eigenvalue weighted by Gasteiger charge is 2.36. The van der Waals surface area contributed by atoms with Crippen LogP contribution >= 0.6 is 11.3 Å². The topological polar surface area (TPSA) is 38.9 Å². The summed E-state index contributed by atoms with van der Waals surface area (Å²) < 4.78 is 38.0. The van der Waals surface area contributed by atoms with E-state index < -0.39 is 11.9 Å². The van der Waals surface area contributed by atoms with Crippen LogP contribution in [0, 0.1) is 0 Å². The van der Waals surface area contributed by atoms with E-state index in [1.165, 1.54) is 0 Å². The molecule has 0 radical (unpaired) electrons. The normalized spacial score (nSPS) is 11.8. The SMILES string of the molecule is NCc1sc(Cc2ccccc2)nc1C(F)(F)F. The summed E-state index contributed by atoms with van der Waals surface area (Å²) in [5.41, 5.74) is 5.41. The fraction of sp³-hybridized carbons (Fsp3) is 0.250. The van der Waals surface area contributed by atoms with Crippen molar-refractivity contribution in [1.82, 2.24) is 4.98 Å². The van der Waals surface area contributed by atoms with Crippen molar-refractivity contribution in [2.75, 3.05) is 0 Å². The molecule has 0 fully saturated rings. The molecule has 2 aromatic rings. The molecular formula is C12H11F3N2S. The van der Waals surface area contributed by atoms with Gasteiger partial charge in [0, 0.05) is 13.0 Å².